The minimum Gasteiger partial charge on any atom is -0.378 e. The lowest BCUT2D eigenvalue weighted by Gasteiger charge is -2.48. The zero-order chi connectivity index (χ0) is 12.0. The molecule has 2 aliphatic carbocycles. The maximum absolute atomic E-state index is 12.5. The van der Waals surface area contributed by atoms with Crippen molar-refractivity contribution in [2.45, 2.75) is 58.5 Å². The highest BCUT2D eigenvalue weighted by Gasteiger charge is 2.68. The van der Waals surface area contributed by atoms with E-state index >= 15 is 0 Å². The predicted molar refractivity (Wildman–Crippen MR) is 64.2 cm³/mol. The van der Waals surface area contributed by atoms with E-state index in [1.807, 2.05) is 7.11 Å². The van der Waals surface area contributed by atoms with Crippen LogP contribution in [0.2, 0.25) is 0 Å². The summed E-state index contributed by atoms with van der Waals surface area (Å²) in [4.78, 5) is 0. The van der Waals surface area contributed by atoms with Crippen LogP contribution in [0.5, 0.6) is 0 Å². The molecular weight excluding hydrogens is 203 g/mol. The molecule has 0 aromatic carbocycles. The van der Waals surface area contributed by atoms with Crippen LogP contribution in [0.25, 0.3) is 0 Å². The van der Waals surface area contributed by atoms with Crippen LogP contribution < -0.4 is 0 Å². The Balaban J connectivity index is 2.29. The lowest BCUT2D eigenvalue weighted by atomic mass is 9.63. The Morgan fingerprint density at radius 3 is 2.38 bits per heavy atom. The predicted octanol–water partition coefficient (Wildman–Crippen LogP) is 3.97. The standard InChI is InChI=1S/C14H25FO/c1-12(2)11-6-8-13(12,3)14(10-11,16-4)7-5-9-15/h11H,5-10H2,1-4H3. The van der Waals surface area contributed by atoms with Crippen LogP contribution in [0.3, 0.4) is 0 Å². The van der Waals surface area contributed by atoms with Crippen molar-refractivity contribution in [1.82, 2.24) is 0 Å². The third-order valence-corrected chi connectivity index (χ3v) is 6.12. The smallest absolute Gasteiger partial charge is 0.0895 e. The Hall–Kier alpha value is -0.110. The van der Waals surface area contributed by atoms with Gasteiger partial charge in [-0.2, -0.15) is 0 Å². The molecule has 2 fully saturated rings. The fourth-order valence-corrected chi connectivity index (χ4v) is 4.53. The zero-order valence-electron chi connectivity index (χ0n) is 11.1. The average Bonchev–Trinajstić information content (AvgIpc) is 2.57. The molecular formula is C14H25FO. The summed E-state index contributed by atoms with van der Waals surface area (Å²) in [6, 6.07) is 0. The average molecular weight is 228 g/mol. The highest BCUT2D eigenvalue weighted by molar-refractivity contribution is 5.18. The van der Waals surface area contributed by atoms with E-state index in [4.69, 9.17) is 4.74 Å². The Morgan fingerprint density at radius 2 is 2.00 bits per heavy atom. The van der Waals surface area contributed by atoms with Crippen molar-refractivity contribution < 1.29 is 9.13 Å². The maximum Gasteiger partial charge on any atom is 0.0895 e. The molecule has 0 aromatic rings. The van der Waals surface area contributed by atoms with Crippen molar-refractivity contribution in [3.63, 3.8) is 0 Å². The quantitative estimate of drug-likeness (QED) is 0.707. The molecule has 2 heteroatoms. The third kappa shape index (κ3) is 1.25. The van der Waals surface area contributed by atoms with Gasteiger partial charge in [-0.3, -0.25) is 4.39 Å². The second kappa shape index (κ2) is 3.69. The fourth-order valence-electron chi connectivity index (χ4n) is 4.53. The van der Waals surface area contributed by atoms with Gasteiger partial charge in [0.1, 0.15) is 0 Å². The van der Waals surface area contributed by atoms with Crippen molar-refractivity contribution in [2.24, 2.45) is 16.7 Å². The molecule has 0 heterocycles. The third-order valence-electron chi connectivity index (χ3n) is 6.12. The largest absolute Gasteiger partial charge is 0.378 e. The zero-order valence-corrected chi connectivity index (χ0v) is 11.1. The van der Waals surface area contributed by atoms with Gasteiger partial charge in [0.25, 0.3) is 0 Å². The monoisotopic (exact) mass is 228 g/mol. The first kappa shape index (κ1) is 12.3. The Labute approximate surface area is 98.8 Å². The van der Waals surface area contributed by atoms with E-state index in [1.165, 1.54) is 12.8 Å². The molecule has 3 unspecified atom stereocenters. The summed E-state index contributed by atoms with van der Waals surface area (Å²) in [5, 5.41) is 0. The van der Waals surface area contributed by atoms with Crippen molar-refractivity contribution in [3.05, 3.63) is 0 Å². The lowest BCUT2D eigenvalue weighted by molar-refractivity contribution is -0.124. The van der Waals surface area contributed by atoms with Gasteiger partial charge in [-0.15, -0.1) is 0 Å². The van der Waals surface area contributed by atoms with Crippen LogP contribution >= 0.6 is 0 Å². The number of halogens is 1. The van der Waals surface area contributed by atoms with Crippen LogP contribution in [-0.4, -0.2) is 19.4 Å². The summed E-state index contributed by atoms with van der Waals surface area (Å²) in [5.74, 6) is 0.761. The molecule has 0 aliphatic heterocycles. The molecule has 2 saturated carbocycles. The number of hydrogen-bond donors (Lipinski definition) is 0. The number of hydrogen-bond acceptors (Lipinski definition) is 1. The van der Waals surface area contributed by atoms with Crippen molar-refractivity contribution in [2.75, 3.05) is 13.8 Å². The first-order chi connectivity index (χ1) is 7.43. The van der Waals surface area contributed by atoms with Gasteiger partial charge in [-0.1, -0.05) is 20.8 Å². The van der Waals surface area contributed by atoms with Crippen LogP contribution in [0.1, 0.15) is 52.9 Å². The number of alkyl halides is 1. The summed E-state index contributed by atoms with van der Waals surface area (Å²) in [7, 11) is 1.82. The van der Waals surface area contributed by atoms with Gasteiger partial charge in [-0.25, -0.2) is 0 Å². The second-order valence-corrected chi connectivity index (χ2v) is 6.48. The topological polar surface area (TPSA) is 9.23 Å². The molecule has 0 radical (unpaired) electrons. The van der Waals surface area contributed by atoms with E-state index in [0.29, 0.717) is 11.8 Å². The molecule has 1 nitrogen and oxygen atoms in total. The molecule has 0 amide bonds. The van der Waals surface area contributed by atoms with Gasteiger partial charge in [0.05, 0.1) is 12.3 Å². The van der Waals surface area contributed by atoms with E-state index in [2.05, 4.69) is 20.8 Å². The molecule has 94 valence electrons. The molecule has 3 atom stereocenters. The van der Waals surface area contributed by atoms with E-state index in [-0.39, 0.29) is 17.7 Å². The maximum atomic E-state index is 12.5. The molecule has 0 N–H and O–H groups in total. The highest BCUT2D eigenvalue weighted by atomic mass is 19.1. The first-order valence-corrected chi connectivity index (χ1v) is 6.55. The molecule has 0 aromatic heterocycles. The molecule has 2 bridgehead atoms. The minimum atomic E-state index is -0.216. The van der Waals surface area contributed by atoms with E-state index in [9.17, 15) is 4.39 Å². The van der Waals surface area contributed by atoms with Gasteiger partial charge < -0.3 is 4.74 Å². The summed E-state index contributed by atoms with van der Waals surface area (Å²) < 4.78 is 18.4. The molecule has 16 heavy (non-hydrogen) atoms. The SMILES string of the molecule is COC1(CCCF)CC2CCC1(C)C2(C)C. The molecule has 2 rings (SSSR count). The van der Waals surface area contributed by atoms with Gasteiger partial charge in [0, 0.05) is 12.5 Å². The summed E-state index contributed by atoms with van der Waals surface area (Å²) in [6.07, 6.45) is 5.23. The number of methoxy groups -OCH3 is 1. The van der Waals surface area contributed by atoms with Crippen molar-refractivity contribution in [3.8, 4) is 0 Å². The summed E-state index contributed by atoms with van der Waals surface area (Å²) >= 11 is 0. The number of fused-ring (bicyclic) bond motifs is 2. The minimum absolute atomic E-state index is 0.0640. The van der Waals surface area contributed by atoms with Gasteiger partial charge in [0.15, 0.2) is 0 Å². The van der Waals surface area contributed by atoms with Crippen LogP contribution in [0, 0.1) is 16.7 Å². The fraction of sp³-hybridized carbons (Fsp3) is 1.00. The van der Waals surface area contributed by atoms with Gasteiger partial charge in [0.2, 0.25) is 0 Å². The summed E-state index contributed by atoms with van der Waals surface area (Å²) in [5.41, 5.74) is 0.513. The Morgan fingerprint density at radius 1 is 1.31 bits per heavy atom. The van der Waals surface area contributed by atoms with Gasteiger partial charge in [-0.05, 0) is 43.4 Å². The van der Waals surface area contributed by atoms with E-state index < -0.39 is 0 Å². The molecule has 0 spiro atoms. The molecule has 0 saturated heterocycles. The number of ether oxygens (including phenoxy) is 1. The van der Waals surface area contributed by atoms with Crippen LogP contribution in [0.4, 0.5) is 4.39 Å². The Kier molecular flexibility index (Phi) is 2.85. The first-order valence-electron chi connectivity index (χ1n) is 6.55. The highest BCUT2D eigenvalue weighted by Crippen LogP contribution is 2.71. The Bertz CT molecular complexity index is 276. The van der Waals surface area contributed by atoms with Crippen LogP contribution in [-0.2, 0) is 4.74 Å². The van der Waals surface area contributed by atoms with E-state index in [1.54, 1.807) is 0 Å². The van der Waals surface area contributed by atoms with E-state index in [0.717, 1.165) is 18.8 Å². The second-order valence-electron chi connectivity index (χ2n) is 6.48. The van der Waals surface area contributed by atoms with Crippen molar-refractivity contribution in [1.29, 1.82) is 0 Å². The van der Waals surface area contributed by atoms with Crippen molar-refractivity contribution >= 4 is 0 Å². The molecule has 2 aliphatic rings. The number of rotatable bonds is 4. The van der Waals surface area contributed by atoms with Crippen LogP contribution in [0.15, 0.2) is 0 Å². The summed E-state index contributed by atoms with van der Waals surface area (Å²) in [6.45, 7) is 6.90. The normalized spacial score (nSPS) is 45.2. The lowest BCUT2D eigenvalue weighted by Crippen LogP contribution is -2.48. The van der Waals surface area contributed by atoms with Gasteiger partial charge >= 0.3 is 0 Å².